The van der Waals surface area contributed by atoms with E-state index in [1.54, 1.807) is 10.8 Å². The van der Waals surface area contributed by atoms with Gasteiger partial charge in [-0.3, -0.25) is 9.59 Å². The van der Waals surface area contributed by atoms with Crippen LogP contribution in [0.1, 0.15) is 24.0 Å². The van der Waals surface area contributed by atoms with Gasteiger partial charge >= 0.3 is 5.97 Å². The van der Waals surface area contributed by atoms with E-state index in [2.05, 4.69) is 29.6 Å². The maximum absolute atomic E-state index is 12.8. The number of aliphatic carboxylic acids is 1. The fourth-order valence-electron chi connectivity index (χ4n) is 4.73. The summed E-state index contributed by atoms with van der Waals surface area (Å²) >= 11 is 0. The third-order valence-electron chi connectivity index (χ3n) is 6.13. The van der Waals surface area contributed by atoms with E-state index in [1.165, 1.54) is 11.1 Å². The van der Waals surface area contributed by atoms with Gasteiger partial charge in [0, 0.05) is 34.1 Å². The van der Waals surface area contributed by atoms with E-state index < -0.39 is 5.97 Å². The highest BCUT2D eigenvalue weighted by Crippen LogP contribution is 2.61. The molecule has 2 N–H and O–H groups in total. The highest BCUT2D eigenvalue weighted by molar-refractivity contribution is 5.98. The minimum atomic E-state index is -0.874. The number of benzene rings is 2. The van der Waals surface area contributed by atoms with Crippen LogP contribution < -0.4 is 5.32 Å². The number of hydrogen-bond acceptors (Lipinski definition) is 2. The lowest BCUT2D eigenvalue weighted by Gasteiger charge is -2.12. The van der Waals surface area contributed by atoms with Crippen LogP contribution in [0.3, 0.4) is 0 Å². The van der Waals surface area contributed by atoms with Gasteiger partial charge in [-0.05, 0) is 54.7 Å². The predicted molar refractivity (Wildman–Crippen MR) is 103 cm³/mol. The van der Waals surface area contributed by atoms with Gasteiger partial charge in [-0.15, -0.1) is 0 Å². The highest BCUT2D eigenvalue weighted by Gasteiger charge is 2.61. The van der Waals surface area contributed by atoms with Crippen molar-refractivity contribution < 1.29 is 14.7 Å². The van der Waals surface area contributed by atoms with Crippen LogP contribution in [-0.2, 0) is 28.0 Å². The van der Waals surface area contributed by atoms with Gasteiger partial charge in [0.2, 0.25) is 5.91 Å². The molecule has 1 spiro atoms. The number of hydrogen-bond donors (Lipinski definition) is 2. The molecular weight excluding hydrogens is 340 g/mol. The first-order valence-corrected chi connectivity index (χ1v) is 9.27. The van der Waals surface area contributed by atoms with Crippen LogP contribution in [0.2, 0.25) is 0 Å². The van der Waals surface area contributed by atoms with E-state index in [0.29, 0.717) is 0 Å². The van der Waals surface area contributed by atoms with Gasteiger partial charge in [-0.1, -0.05) is 24.3 Å². The number of aromatic nitrogens is 1. The van der Waals surface area contributed by atoms with Crippen molar-refractivity contribution in [3.05, 3.63) is 65.9 Å². The second-order valence-corrected chi connectivity index (χ2v) is 7.67. The van der Waals surface area contributed by atoms with Gasteiger partial charge in [0.25, 0.3) is 0 Å². The first-order chi connectivity index (χ1) is 13.1. The van der Waals surface area contributed by atoms with Crippen molar-refractivity contribution in [1.29, 1.82) is 0 Å². The number of fused-ring (bicyclic) bond motifs is 3. The first-order valence-electron chi connectivity index (χ1n) is 9.27. The molecule has 1 fully saturated rings. The quantitative estimate of drug-likeness (QED) is 0.747. The number of aryl methyl sites for hydroxylation is 1. The average Bonchev–Trinajstić information content (AvgIpc) is 3.10. The summed E-state index contributed by atoms with van der Waals surface area (Å²) in [6.45, 7) is -0.0702. The first kappa shape index (κ1) is 16.1. The molecule has 2 unspecified atom stereocenters. The van der Waals surface area contributed by atoms with Crippen molar-refractivity contribution in [3.8, 4) is 0 Å². The van der Waals surface area contributed by atoms with Gasteiger partial charge in [0.1, 0.15) is 6.54 Å². The van der Waals surface area contributed by atoms with Crippen LogP contribution in [0.5, 0.6) is 0 Å². The van der Waals surface area contributed by atoms with Crippen LogP contribution in [0.25, 0.3) is 10.9 Å². The van der Waals surface area contributed by atoms with E-state index in [0.717, 1.165) is 35.9 Å². The molecule has 0 aliphatic heterocycles. The topological polar surface area (TPSA) is 71.3 Å². The second kappa shape index (κ2) is 5.71. The monoisotopic (exact) mass is 360 g/mol. The highest BCUT2D eigenvalue weighted by atomic mass is 16.4. The van der Waals surface area contributed by atoms with Crippen molar-refractivity contribution in [2.24, 2.45) is 5.92 Å². The molecule has 3 aromatic rings. The van der Waals surface area contributed by atoms with Crippen LogP contribution in [-0.4, -0.2) is 21.6 Å². The number of rotatable bonds is 4. The number of amides is 1. The van der Waals surface area contributed by atoms with Crippen molar-refractivity contribution in [2.45, 2.75) is 31.2 Å². The number of nitrogens with one attached hydrogen (secondary N) is 1. The summed E-state index contributed by atoms with van der Waals surface area (Å²) in [6, 6.07) is 16.0. The van der Waals surface area contributed by atoms with Crippen molar-refractivity contribution in [2.75, 3.05) is 5.32 Å². The summed E-state index contributed by atoms with van der Waals surface area (Å²) in [6.07, 6.45) is 4.80. The Kier molecular flexibility index (Phi) is 3.41. The van der Waals surface area contributed by atoms with Gasteiger partial charge in [-0.25, -0.2) is 0 Å². The smallest absolute Gasteiger partial charge is 0.323 e. The zero-order valence-electron chi connectivity index (χ0n) is 14.8. The fraction of sp³-hybridized carbons (Fsp3) is 0.273. The summed E-state index contributed by atoms with van der Waals surface area (Å²) in [5.74, 6) is -0.759. The number of nitrogens with zero attached hydrogens (tertiary/aromatic N) is 1. The number of carboxylic acids is 1. The molecule has 27 heavy (non-hydrogen) atoms. The second-order valence-electron chi connectivity index (χ2n) is 7.67. The Balaban J connectivity index is 1.34. The minimum Gasteiger partial charge on any atom is -0.480 e. The maximum Gasteiger partial charge on any atom is 0.323 e. The van der Waals surface area contributed by atoms with Gasteiger partial charge in [0.15, 0.2) is 0 Å². The van der Waals surface area contributed by atoms with Crippen LogP contribution >= 0.6 is 0 Å². The number of carboxylic acid groups (broad SMARTS) is 1. The molecular formula is C22H20N2O3. The zero-order chi connectivity index (χ0) is 18.6. The molecule has 2 aliphatic rings. The Morgan fingerprint density at radius 3 is 2.89 bits per heavy atom. The Morgan fingerprint density at radius 1 is 1.19 bits per heavy atom. The molecule has 0 saturated heterocycles. The molecule has 1 saturated carbocycles. The lowest BCUT2D eigenvalue weighted by atomic mass is 9.95. The Labute approximate surface area is 156 Å². The summed E-state index contributed by atoms with van der Waals surface area (Å²) in [4.78, 5) is 23.8. The molecule has 1 aromatic heterocycles. The Hall–Kier alpha value is -3.08. The lowest BCUT2D eigenvalue weighted by molar-refractivity contribution is -0.137. The molecule has 2 aliphatic carbocycles. The third-order valence-corrected chi connectivity index (χ3v) is 6.13. The summed E-state index contributed by atoms with van der Waals surface area (Å²) < 4.78 is 1.69. The normalized spacial score (nSPS) is 22.7. The number of carbonyl (C=O) groups excluding carboxylic acids is 1. The van der Waals surface area contributed by atoms with E-state index >= 15 is 0 Å². The third kappa shape index (κ3) is 2.53. The van der Waals surface area contributed by atoms with Crippen molar-refractivity contribution >= 4 is 28.5 Å². The van der Waals surface area contributed by atoms with Gasteiger partial charge in [-0.2, -0.15) is 0 Å². The van der Waals surface area contributed by atoms with Crippen LogP contribution in [0.4, 0.5) is 5.69 Å². The average molecular weight is 360 g/mol. The number of carbonyl (C=O) groups is 2. The standard InChI is InChI=1S/C22H20N2O3/c25-20(26)13-24-10-8-15-11-16(5-6-19(15)24)23-21(27)18-12-22(18)9-7-14-3-1-2-4-17(14)22/h1-6,8,10-11,18H,7,9,12-13H2,(H,23,27)(H,25,26). The summed E-state index contributed by atoms with van der Waals surface area (Å²) in [7, 11) is 0. The molecule has 5 nitrogen and oxygen atoms in total. The molecule has 5 heteroatoms. The van der Waals surface area contributed by atoms with Crippen LogP contribution in [0.15, 0.2) is 54.7 Å². The van der Waals surface area contributed by atoms with E-state index in [4.69, 9.17) is 5.11 Å². The van der Waals surface area contributed by atoms with Gasteiger partial charge in [0.05, 0.1) is 0 Å². The van der Waals surface area contributed by atoms with Crippen LogP contribution in [0, 0.1) is 5.92 Å². The summed E-state index contributed by atoms with van der Waals surface area (Å²) in [5.41, 5.74) is 4.38. The SMILES string of the molecule is O=C(O)Cn1ccc2cc(NC(=O)C3CC34CCc3ccccc34)ccc21. The van der Waals surface area contributed by atoms with E-state index in [9.17, 15) is 9.59 Å². The Morgan fingerprint density at radius 2 is 2.04 bits per heavy atom. The molecule has 2 atom stereocenters. The lowest BCUT2D eigenvalue weighted by Crippen LogP contribution is -2.19. The van der Waals surface area contributed by atoms with Gasteiger partial charge < -0.3 is 15.0 Å². The largest absolute Gasteiger partial charge is 0.480 e. The molecule has 1 heterocycles. The zero-order valence-corrected chi connectivity index (χ0v) is 14.8. The number of anilines is 1. The maximum atomic E-state index is 12.8. The Bertz CT molecular complexity index is 1080. The van der Waals surface area contributed by atoms with E-state index in [-0.39, 0.29) is 23.8 Å². The molecule has 0 radical (unpaired) electrons. The molecule has 136 valence electrons. The van der Waals surface area contributed by atoms with Crippen molar-refractivity contribution in [3.63, 3.8) is 0 Å². The fourth-order valence-corrected chi connectivity index (χ4v) is 4.73. The molecule has 5 rings (SSSR count). The van der Waals surface area contributed by atoms with E-state index in [1.807, 2.05) is 24.3 Å². The molecule has 1 amide bonds. The van der Waals surface area contributed by atoms with Crippen molar-refractivity contribution in [1.82, 2.24) is 4.57 Å². The minimum absolute atomic E-state index is 0.0356. The molecule has 2 aromatic carbocycles. The predicted octanol–water partition coefficient (Wildman–Crippen LogP) is 3.57. The molecule has 0 bridgehead atoms. The summed E-state index contributed by atoms with van der Waals surface area (Å²) in [5, 5.41) is 13.0.